The highest BCUT2D eigenvalue weighted by molar-refractivity contribution is 7.89. The number of hydrogen-bond acceptors (Lipinski definition) is 4. The van der Waals surface area contributed by atoms with Crippen molar-refractivity contribution in [1.82, 2.24) is 9.21 Å². The fraction of sp³-hybridized carbons (Fsp3) is 0.529. The minimum atomic E-state index is -3.60. The molecule has 7 nitrogen and oxygen atoms in total. The van der Waals surface area contributed by atoms with E-state index < -0.39 is 16.0 Å². The van der Waals surface area contributed by atoms with Gasteiger partial charge in [-0.05, 0) is 24.1 Å². The Morgan fingerprint density at radius 1 is 1.08 bits per heavy atom. The van der Waals surface area contributed by atoms with Gasteiger partial charge in [0.2, 0.25) is 15.9 Å². The van der Waals surface area contributed by atoms with E-state index in [0.717, 1.165) is 5.56 Å². The zero-order chi connectivity index (χ0) is 18.6. The van der Waals surface area contributed by atoms with E-state index >= 15 is 0 Å². The summed E-state index contributed by atoms with van der Waals surface area (Å²) in [6.07, 6.45) is 0.379. The Bertz CT molecular complexity index is 720. The summed E-state index contributed by atoms with van der Waals surface area (Å²) < 4.78 is 26.8. The number of hydrogen-bond donors (Lipinski definition) is 1. The van der Waals surface area contributed by atoms with E-state index in [9.17, 15) is 18.0 Å². The Kier molecular flexibility index (Phi) is 6.18. The average Bonchev–Trinajstić information content (AvgIpc) is 2.59. The van der Waals surface area contributed by atoms with Gasteiger partial charge in [0.15, 0.2) is 0 Å². The molecule has 1 amide bonds. The van der Waals surface area contributed by atoms with Crippen molar-refractivity contribution < 1.29 is 23.1 Å². The minimum absolute atomic E-state index is 0.0118. The van der Waals surface area contributed by atoms with E-state index in [-0.39, 0.29) is 36.2 Å². The highest BCUT2D eigenvalue weighted by Crippen LogP contribution is 2.19. The maximum absolute atomic E-state index is 12.7. The van der Waals surface area contributed by atoms with Crippen LogP contribution in [-0.2, 0) is 26.0 Å². The average molecular weight is 368 g/mol. The quantitative estimate of drug-likeness (QED) is 0.814. The van der Waals surface area contributed by atoms with Gasteiger partial charge in [0, 0.05) is 38.5 Å². The summed E-state index contributed by atoms with van der Waals surface area (Å²) in [7, 11) is -3.60. The first kappa shape index (κ1) is 19.4. The third-order valence-corrected chi connectivity index (χ3v) is 6.15. The van der Waals surface area contributed by atoms with Crippen molar-refractivity contribution in [3.63, 3.8) is 0 Å². The molecule has 2 rings (SSSR count). The summed E-state index contributed by atoms with van der Waals surface area (Å²) in [5, 5.41) is 8.69. The molecular weight excluding hydrogens is 344 g/mol. The molecule has 0 atom stereocenters. The third-order valence-electron chi connectivity index (χ3n) is 4.23. The number of aryl methyl sites for hydroxylation is 1. The molecule has 1 aromatic rings. The van der Waals surface area contributed by atoms with Crippen LogP contribution in [0.4, 0.5) is 0 Å². The van der Waals surface area contributed by atoms with E-state index in [4.69, 9.17) is 5.11 Å². The Hall–Kier alpha value is -1.93. The number of sulfonamides is 1. The number of carboxylic acid groups (broad SMARTS) is 1. The first-order chi connectivity index (χ1) is 11.7. The Morgan fingerprint density at radius 2 is 1.64 bits per heavy atom. The third kappa shape index (κ3) is 4.79. The zero-order valence-corrected chi connectivity index (χ0v) is 15.3. The lowest BCUT2D eigenvalue weighted by molar-refractivity contribution is -0.137. The number of benzene rings is 1. The molecule has 1 fully saturated rings. The zero-order valence-electron chi connectivity index (χ0n) is 14.5. The molecule has 25 heavy (non-hydrogen) atoms. The largest absolute Gasteiger partial charge is 0.481 e. The van der Waals surface area contributed by atoms with Crippen LogP contribution >= 0.6 is 0 Å². The van der Waals surface area contributed by atoms with Gasteiger partial charge in [0.25, 0.3) is 0 Å². The van der Waals surface area contributed by atoms with Crippen LogP contribution in [-0.4, -0.2) is 60.8 Å². The molecule has 8 heteroatoms. The summed E-state index contributed by atoms with van der Waals surface area (Å²) in [6.45, 7) is 5.01. The first-order valence-corrected chi connectivity index (χ1v) is 9.75. The molecule has 138 valence electrons. The lowest BCUT2D eigenvalue weighted by Crippen LogP contribution is -2.51. The molecule has 0 radical (unpaired) electrons. The number of aliphatic carboxylic acids is 1. The molecule has 1 aliphatic rings. The standard InChI is InChI=1S/C17H24N2O5S/c1-13(2)17(22)18-9-11-19(12-10-18)25(23,24)15-6-3-14(4-7-15)5-8-16(20)21/h3-4,6-7,13H,5,8-12H2,1-2H3,(H,20,21). The van der Waals surface area contributed by atoms with E-state index in [1.807, 2.05) is 13.8 Å². The van der Waals surface area contributed by atoms with E-state index in [1.165, 1.54) is 16.4 Å². The number of piperazine rings is 1. The fourth-order valence-electron chi connectivity index (χ4n) is 2.74. The number of carbonyl (C=O) groups is 2. The van der Waals surface area contributed by atoms with Crippen LogP contribution in [0.25, 0.3) is 0 Å². The molecule has 0 aliphatic carbocycles. The van der Waals surface area contributed by atoms with Gasteiger partial charge in [-0.15, -0.1) is 0 Å². The van der Waals surface area contributed by atoms with Crippen molar-refractivity contribution in [3.05, 3.63) is 29.8 Å². The van der Waals surface area contributed by atoms with Crippen LogP contribution in [0.1, 0.15) is 25.8 Å². The topological polar surface area (TPSA) is 95.0 Å². The van der Waals surface area contributed by atoms with E-state index in [0.29, 0.717) is 19.5 Å². The van der Waals surface area contributed by atoms with Gasteiger partial charge in [-0.25, -0.2) is 8.42 Å². The van der Waals surface area contributed by atoms with E-state index in [1.54, 1.807) is 17.0 Å². The van der Waals surface area contributed by atoms with Crippen LogP contribution in [0.5, 0.6) is 0 Å². The molecule has 1 heterocycles. The monoisotopic (exact) mass is 368 g/mol. The maximum Gasteiger partial charge on any atom is 0.303 e. The van der Waals surface area contributed by atoms with Crippen molar-refractivity contribution in [3.8, 4) is 0 Å². The first-order valence-electron chi connectivity index (χ1n) is 8.31. The Morgan fingerprint density at radius 3 is 2.12 bits per heavy atom. The molecule has 0 saturated carbocycles. The van der Waals surface area contributed by atoms with Crippen LogP contribution in [0.15, 0.2) is 29.2 Å². The van der Waals surface area contributed by atoms with Crippen molar-refractivity contribution in [1.29, 1.82) is 0 Å². The highest BCUT2D eigenvalue weighted by Gasteiger charge is 2.30. The van der Waals surface area contributed by atoms with Crippen molar-refractivity contribution >= 4 is 21.9 Å². The van der Waals surface area contributed by atoms with Gasteiger partial charge in [-0.2, -0.15) is 4.31 Å². The second-order valence-electron chi connectivity index (χ2n) is 6.42. The lowest BCUT2D eigenvalue weighted by Gasteiger charge is -2.34. The van der Waals surface area contributed by atoms with Crippen LogP contribution in [0, 0.1) is 5.92 Å². The molecular formula is C17H24N2O5S. The van der Waals surface area contributed by atoms with Gasteiger partial charge >= 0.3 is 5.97 Å². The fourth-order valence-corrected chi connectivity index (χ4v) is 4.16. The van der Waals surface area contributed by atoms with E-state index in [2.05, 4.69) is 0 Å². The number of rotatable bonds is 6. The second-order valence-corrected chi connectivity index (χ2v) is 8.36. The lowest BCUT2D eigenvalue weighted by atomic mass is 10.1. The molecule has 1 N–H and O–H groups in total. The summed E-state index contributed by atoms with van der Waals surface area (Å²) in [6, 6.07) is 6.32. The van der Waals surface area contributed by atoms with Gasteiger partial charge in [-0.1, -0.05) is 26.0 Å². The molecule has 0 bridgehead atoms. The molecule has 1 aromatic carbocycles. The molecule has 1 saturated heterocycles. The van der Waals surface area contributed by atoms with Crippen LogP contribution in [0.2, 0.25) is 0 Å². The summed E-state index contributed by atoms with van der Waals surface area (Å²) >= 11 is 0. The predicted molar refractivity (Wildman–Crippen MR) is 92.6 cm³/mol. The van der Waals surface area contributed by atoms with Gasteiger partial charge in [-0.3, -0.25) is 9.59 Å². The van der Waals surface area contributed by atoms with Gasteiger partial charge < -0.3 is 10.0 Å². The number of amides is 1. The smallest absolute Gasteiger partial charge is 0.303 e. The number of nitrogens with zero attached hydrogens (tertiary/aromatic N) is 2. The van der Waals surface area contributed by atoms with Gasteiger partial charge in [0.05, 0.1) is 4.90 Å². The minimum Gasteiger partial charge on any atom is -0.481 e. The summed E-state index contributed by atoms with van der Waals surface area (Å²) in [4.78, 5) is 24.5. The van der Waals surface area contributed by atoms with Crippen molar-refractivity contribution in [2.24, 2.45) is 5.92 Å². The number of carbonyl (C=O) groups excluding carboxylic acids is 1. The van der Waals surface area contributed by atoms with Crippen LogP contribution in [0.3, 0.4) is 0 Å². The molecule has 0 aromatic heterocycles. The molecule has 0 spiro atoms. The summed E-state index contributed by atoms with van der Waals surface area (Å²) in [5.74, 6) is -0.938. The highest BCUT2D eigenvalue weighted by atomic mass is 32.2. The predicted octanol–water partition coefficient (Wildman–Crippen LogP) is 1.19. The Balaban J connectivity index is 2.02. The molecule has 1 aliphatic heterocycles. The number of carboxylic acids is 1. The maximum atomic E-state index is 12.7. The van der Waals surface area contributed by atoms with Gasteiger partial charge in [0.1, 0.15) is 0 Å². The normalized spacial score (nSPS) is 16.2. The second kappa shape index (κ2) is 7.97. The van der Waals surface area contributed by atoms with Crippen LogP contribution < -0.4 is 0 Å². The van der Waals surface area contributed by atoms with Crippen molar-refractivity contribution in [2.75, 3.05) is 26.2 Å². The SMILES string of the molecule is CC(C)C(=O)N1CCN(S(=O)(=O)c2ccc(CCC(=O)O)cc2)CC1. The molecule has 0 unspecified atom stereocenters. The summed E-state index contributed by atoms with van der Waals surface area (Å²) in [5.41, 5.74) is 0.786. The van der Waals surface area contributed by atoms with Crippen molar-refractivity contribution in [2.45, 2.75) is 31.6 Å². The Labute approximate surface area is 148 Å².